The van der Waals surface area contributed by atoms with Crippen LogP contribution in [0, 0.1) is 5.92 Å². The number of aromatic nitrogens is 2. The maximum absolute atomic E-state index is 11.5. The molecule has 0 atom stereocenters. The van der Waals surface area contributed by atoms with E-state index < -0.39 is 5.97 Å². The zero-order valence-corrected chi connectivity index (χ0v) is 8.94. The van der Waals surface area contributed by atoms with Crippen LogP contribution >= 0.6 is 0 Å². The van der Waals surface area contributed by atoms with Crippen LogP contribution < -0.4 is 5.73 Å². The molecular weight excluding hydrogens is 210 g/mol. The zero-order valence-electron chi connectivity index (χ0n) is 8.94. The Kier molecular flexibility index (Phi) is 3.40. The maximum Gasteiger partial charge on any atom is 0.356 e. The summed E-state index contributed by atoms with van der Waals surface area (Å²) in [5.74, 6) is 0.284. The molecule has 6 heteroatoms. The van der Waals surface area contributed by atoms with Crippen molar-refractivity contribution in [2.24, 2.45) is 5.92 Å². The molecule has 0 bridgehead atoms. The molecule has 1 saturated heterocycles. The number of nitrogen functional groups attached to an aromatic ring is 1. The molecule has 0 spiro atoms. The number of carbonyl (C=O) groups is 1. The van der Waals surface area contributed by atoms with Crippen LogP contribution in [0.4, 0.5) is 5.82 Å². The summed E-state index contributed by atoms with van der Waals surface area (Å²) < 4.78 is 10.4. The van der Waals surface area contributed by atoms with E-state index in [0.29, 0.717) is 18.2 Å². The molecule has 1 aromatic heterocycles. The Bertz CT molecular complexity index is 358. The summed E-state index contributed by atoms with van der Waals surface area (Å²) in [4.78, 5) is 11.5. The Balaban J connectivity index is 1.79. The highest BCUT2D eigenvalue weighted by Crippen LogP contribution is 2.15. The fourth-order valence-corrected chi connectivity index (χ4v) is 1.63. The van der Waals surface area contributed by atoms with Crippen molar-refractivity contribution in [3.05, 3.63) is 11.8 Å². The van der Waals surface area contributed by atoms with Gasteiger partial charge in [0.15, 0.2) is 0 Å². The van der Waals surface area contributed by atoms with Crippen molar-refractivity contribution in [3.63, 3.8) is 0 Å². The monoisotopic (exact) mass is 225 g/mol. The first-order chi connectivity index (χ1) is 7.75. The minimum Gasteiger partial charge on any atom is -0.461 e. The molecule has 1 aliphatic rings. The quantitative estimate of drug-likeness (QED) is 0.734. The normalized spacial score (nSPS) is 17.2. The number of hydrogen-bond acceptors (Lipinski definition) is 5. The number of anilines is 1. The predicted octanol–water partition coefficient (Wildman–Crippen LogP) is 0.575. The summed E-state index contributed by atoms with van der Waals surface area (Å²) in [6, 6.07) is 1.46. The number of ether oxygens (including phenoxy) is 2. The lowest BCUT2D eigenvalue weighted by Crippen LogP contribution is -2.22. The Labute approximate surface area is 93.1 Å². The lowest BCUT2D eigenvalue weighted by molar-refractivity contribution is 0.0181. The van der Waals surface area contributed by atoms with Crippen LogP contribution in [0.1, 0.15) is 23.3 Å². The summed E-state index contributed by atoms with van der Waals surface area (Å²) in [7, 11) is 0. The van der Waals surface area contributed by atoms with Crippen LogP contribution in [-0.4, -0.2) is 36.0 Å². The number of rotatable bonds is 3. The van der Waals surface area contributed by atoms with E-state index in [1.807, 2.05) is 0 Å². The lowest BCUT2D eigenvalue weighted by atomic mass is 10.0. The molecule has 16 heavy (non-hydrogen) atoms. The first kappa shape index (κ1) is 10.9. The van der Waals surface area contributed by atoms with Crippen molar-refractivity contribution < 1.29 is 14.3 Å². The van der Waals surface area contributed by atoms with Crippen molar-refractivity contribution in [3.8, 4) is 0 Å². The van der Waals surface area contributed by atoms with Crippen molar-refractivity contribution >= 4 is 11.8 Å². The van der Waals surface area contributed by atoms with Gasteiger partial charge in [0.1, 0.15) is 11.5 Å². The van der Waals surface area contributed by atoms with Crippen LogP contribution in [-0.2, 0) is 9.47 Å². The Morgan fingerprint density at radius 2 is 2.38 bits per heavy atom. The second kappa shape index (κ2) is 4.98. The third-order valence-electron chi connectivity index (χ3n) is 2.61. The molecular formula is C10H15N3O3. The number of nitrogens with zero attached hydrogens (tertiary/aromatic N) is 1. The van der Waals surface area contributed by atoms with Gasteiger partial charge in [-0.05, 0) is 18.8 Å². The molecule has 2 heterocycles. The molecule has 1 aliphatic heterocycles. The summed E-state index contributed by atoms with van der Waals surface area (Å²) in [5, 5.41) is 6.18. The minimum absolute atomic E-state index is 0.290. The van der Waals surface area contributed by atoms with E-state index >= 15 is 0 Å². The van der Waals surface area contributed by atoms with Gasteiger partial charge in [0, 0.05) is 19.3 Å². The van der Waals surface area contributed by atoms with Gasteiger partial charge >= 0.3 is 5.97 Å². The smallest absolute Gasteiger partial charge is 0.356 e. The van der Waals surface area contributed by atoms with E-state index in [2.05, 4.69) is 10.2 Å². The van der Waals surface area contributed by atoms with Gasteiger partial charge in [0.25, 0.3) is 0 Å². The Morgan fingerprint density at radius 3 is 3.00 bits per heavy atom. The number of esters is 1. The summed E-state index contributed by atoms with van der Waals surface area (Å²) in [6.07, 6.45) is 1.89. The van der Waals surface area contributed by atoms with E-state index in [9.17, 15) is 4.79 Å². The van der Waals surface area contributed by atoms with Crippen LogP contribution in [0.3, 0.4) is 0 Å². The van der Waals surface area contributed by atoms with Crippen molar-refractivity contribution in [1.82, 2.24) is 10.2 Å². The maximum atomic E-state index is 11.5. The second-order valence-electron chi connectivity index (χ2n) is 3.86. The Hall–Kier alpha value is -1.56. The largest absolute Gasteiger partial charge is 0.461 e. The minimum atomic E-state index is -0.407. The van der Waals surface area contributed by atoms with Crippen LogP contribution in [0.5, 0.6) is 0 Å². The number of carbonyl (C=O) groups excluding carboxylic acids is 1. The molecule has 0 radical (unpaired) electrons. The topological polar surface area (TPSA) is 90.2 Å². The molecule has 0 aliphatic carbocycles. The Morgan fingerprint density at radius 1 is 1.62 bits per heavy atom. The molecule has 6 nitrogen and oxygen atoms in total. The third-order valence-corrected chi connectivity index (χ3v) is 2.61. The zero-order chi connectivity index (χ0) is 11.4. The molecule has 88 valence electrons. The first-order valence-corrected chi connectivity index (χ1v) is 5.31. The fourth-order valence-electron chi connectivity index (χ4n) is 1.63. The standard InChI is InChI=1S/C10H15N3O3/c11-9-5-8(12-13-9)10(14)16-6-7-1-3-15-4-2-7/h5,7H,1-4,6H2,(H3,11,12,13). The van der Waals surface area contributed by atoms with E-state index in [0.717, 1.165) is 26.1 Å². The molecule has 1 fully saturated rings. The van der Waals surface area contributed by atoms with Gasteiger partial charge < -0.3 is 15.2 Å². The van der Waals surface area contributed by atoms with Gasteiger partial charge in [-0.15, -0.1) is 0 Å². The van der Waals surface area contributed by atoms with Gasteiger partial charge in [0.05, 0.1) is 6.61 Å². The predicted molar refractivity (Wildman–Crippen MR) is 56.8 cm³/mol. The fraction of sp³-hybridized carbons (Fsp3) is 0.600. The highest BCUT2D eigenvalue weighted by atomic mass is 16.5. The lowest BCUT2D eigenvalue weighted by Gasteiger charge is -2.21. The van der Waals surface area contributed by atoms with Crippen molar-refractivity contribution in [2.75, 3.05) is 25.6 Å². The van der Waals surface area contributed by atoms with E-state index in [1.165, 1.54) is 6.07 Å². The molecule has 0 saturated carbocycles. The van der Waals surface area contributed by atoms with Gasteiger partial charge in [-0.2, -0.15) is 5.10 Å². The average molecular weight is 225 g/mol. The summed E-state index contributed by atoms with van der Waals surface area (Å²) in [5.41, 5.74) is 5.68. The summed E-state index contributed by atoms with van der Waals surface area (Å²) >= 11 is 0. The highest BCUT2D eigenvalue weighted by molar-refractivity contribution is 5.87. The van der Waals surface area contributed by atoms with E-state index in [1.54, 1.807) is 0 Å². The van der Waals surface area contributed by atoms with Gasteiger partial charge in [-0.3, -0.25) is 5.10 Å². The van der Waals surface area contributed by atoms with Gasteiger partial charge in [-0.1, -0.05) is 0 Å². The average Bonchev–Trinajstić information content (AvgIpc) is 2.74. The molecule has 0 unspecified atom stereocenters. The number of H-pyrrole nitrogens is 1. The SMILES string of the molecule is Nc1cc(C(=O)OCC2CCOCC2)[nH]n1. The number of aromatic amines is 1. The molecule has 2 rings (SSSR count). The van der Waals surface area contributed by atoms with E-state index in [-0.39, 0.29) is 5.82 Å². The third kappa shape index (κ3) is 2.73. The van der Waals surface area contributed by atoms with Crippen LogP contribution in [0.25, 0.3) is 0 Å². The number of nitrogens with two attached hydrogens (primary N) is 1. The van der Waals surface area contributed by atoms with E-state index in [4.69, 9.17) is 15.2 Å². The first-order valence-electron chi connectivity index (χ1n) is 5.31. The van der Waals surface area contributed by atoms with Gasteiger partial charge in [0.2, 0.25) is 0 Å². The molecule has 0 amide bonds. The molecule has 3 N–H and O–H groups in total. The second-order valence-corrected chi connectivity index (χ2v) is 3.86. The van der Waals surface area contributed by atoms with Gasteiger partial charge in [-0.25, -0.2) is 4.79 Å². The molecule has 0 aromatic carbocycles. The number of hydrogen-bond donors (Lipinski definition) is 2. The number of nitrogens with one attached hydrogen (secondary N) is 1. The summed E-state index contributed by atoms with van der Waals surface area (Å²) in [6.45, 7) is 1.93. The van der Waals surface area contributed by atoms with Crippen LogP contribution in [0.2, 0.25) is 0 Å². The van der Waals surface area contributed by atoms with Crippen LogP contribution in [0.15, 0.2) is 6.07 Å². The highest BCUT2D eigenvalue weighted by Gasteiger charge is 2.17. The van der Waals surface area contributed by atoms with Crippen molar-refractivity contribution in [2.45, 2.75) is 12.8 Å². The molecule has 1 aromatic rings. The van der Waals surface area contributed by atoms with Crippen molar-refractivity contribution in [1.29, 1.82) is 0 Å².